The third-order valence-electron chi connectivity index (χ3n) is 4.04. The van der Waals surface area contributed by atoms with Gasteiger partial charge < -0.3 is 10.6 Å². The second kappa shape index (κ2) is 9.09. The third-order valence-corrected chi connectivity index (χ3v) is 7.57. The zero-order chi connectivity index (χ0) is 20.0. The van der Waals surface area contributed by atoms with E-state index in [4.69, 9.17) is 0 Å². The van der Waals surface area contributed by atoms with Gasteiger partial charge in [-0.05, 0) is 42.5 Å². The minimum absolute atomic E-state index is 0.134. The molecule has 2 amide bonds. The number of rotatable bonds is 7. The molecule has 0 aliphatic carbocycles. The van der Waals surface area contributed by atoms with Crippen molar-refractivity contribution in [2.75, 3.05) is 6.54 Å². The van der Waals surface area contributed by atoms with Crippen LogP contribution >= 0.6 is 11.3 Å². The van der Waals surface area contributed by atoms with Gasteiger partial charge in [0.05, 0.1) is 0 Å². The van der Waals surface area contributed by atoms with Crippen molar-refractivity contribution in [3.63, 3.8) is 0 Å². The summed E-state index contributed by atoms with van der Waals surface area (Å²) in [6, 6.07) is 7.93. The molecule has 0 saturated carbocycles. The Morgan fingerprint density at radius 1 is 1.15 bits per heavy atom. The summed E-state index contributed by atoms with van der Waals surface area (Å²) in [5.41, 5.74) is 0.326. The highest BCUT2D eigenvalue weighted by Crippen LogP contribution is 2.31. The molecule has 1 aromatic carbocycles. The molecule has 0 aliphatic rings. The summed E-state index contributed by atoms with van der Waals surface area (Å²) < 4.78 is 39.3. The van der Waals surface area contributed by atoms with Crippen molar-refractivity contribution in [3.05, 3.63) is 53.2 Å². The van der Waals surface area contributed by atoms with Crippen LogP contribution in [0.25, 0.3) is 0 Å². The van der Waals surface area contributed by atoms with Gasteiger partial charge in [-0.3, -0.25) is 9.59 Å². The number of amides is 2. The van der Waals surface area contributed by atoms with Gasteiger partial charge in [0, 0.05) is 12.6 Å². The molecule has 9 heteroatoms. The first kappa shape index (κ1) is 21.0. The summed E-state index contributed by atoms with van der Waals surface area (Å²) in [5, 5.41) is 5.38. The van der Waals surface area contributed by atoms with E-state index in [1.54, 1.807) is 18.4 Å². The average molecular weight is 413 g/mol. The molecule has 146 valence electrons. The van der Waals surface area contributed by atoms with Crippen LogP contribution in [0.5, 0.6) is 0 Å². The lowest BCUT2D eigenvalue weighted by Gasteiger charge is -2.18. The molecule has 0 bridgehead atoms. The van der Waals surface area contributed by atoms with Gasteiger partial charge in [0.15, 0.2) is 9.84 Å². The van der Waals surface area contributed by atoms with Crippen LogP contribution in [-0.2, 0) is 19.4 Å². The van der Waals surface area contributed by atoms with Crippen molar-refractivity contribution in [1.29, 1.82) is 0 Å². The minimum Gasteiger partial charge on any atom is -0.346 e. The van der Waals surface area contributed by atoms with Gasteiger partial charge in [-0.1, -0.05) is 25.1 Å². The number of hydrogen-bond acceptors (Lipinski definition) is 5. The summed E-state index contributed by atoms with van der Waals surface area (Å²) in [6.45, 7) is 3.31. The van der Waals surface area contributed by atoms with Gasteiger partial charge in [-0.15, -0.1) is 11.3 Å². The van der Waals surface area contributed by atoms with E-state index in [1.807, 2.05) is 6.92 Å². The van der Waals surface area contributed by atoms with E-state index in [2.05, 4.69) is 10.6 Å². The van der Waals surface area contributed by atoms with Crippen LogP contribution < -0.4 is 10.6 Å². The summed E-state index contributed by atoms with van der Waals surface area (Å²) >= 11 is 1.05. The van der Waals surface area contributed by atoms with Crippen molar-refractivity contribution >= 4 is 33.0 Å². The fourth-order valence-corrected chi connectivity index (χ4v) is 5.17. The van der Waals surface area contributed by atoms with Crippen molar-refractivity contribution in [2.24, 2.45) is 0 Å². The molecule has 2 atom stereocenters. The molecule has 1 aromatic heterocycles. The predicted molar refractivity (Wildman–Crippen MR) is 102 cm³/mol. The molecule has 2 rings (SSSR count). The Bertz CT molecular complexity index is 881. The van der Waals surface area contributed by atoms with Crippen molar-refractivity contribution < 1.29 is 22.4 Å². The number of hydrogen-bond donors (Lipinski definition) is 2. The standard InChI is InChI=1S/C18H21FN2O4S2/c1-3-12(2)21-18(23)17(22)20-11-15(13-6-8-14(19)9-7-13)27(24,25)16-5-4-10-26-16/h4-10,12,15H,3,11H2,1-2H3,(H,20,22)(H,21,23)/t12-,15+/m0/s1. The number of thiophene rings is 1. The van der Waals surface area contributed by atoms with Crippen LogP contribution in [0.1, 0.15) is 31.1 Å². The highest BCUT2D eigenvalue weighted by molar-refractivity contribution is 7.93. The molecule has 0 spiro atoms. The van der Waals surface area contributed by atoms with Gasteiger partial charge in [0.2, 0.25) is 0 Å². The molecule has 1 heterocycles. The molecule has 0 radical (unpaired) electrons. The molecule has 0 unspecified atom stereocenters. The molecule has 27 heavy (non-hydrogen) atoms. The summed E-state index contributed by atoms with van der Waals surface area (Å²) in [4.78, 5) is 23.9. The molecular weight excluding hydrogens is 391 g/mol. The van der Waals surface area contributed by atoms with Crippen LogP contribution in [0.3, 0.4) is 0 Å². The SMILES string of the molecule is CC[C@H](C)NC(=O)C(=O)NC[C@H](c1ccc(F)cc1)S(=O)(=O)c1cccs1. The summed E-state index contributed by atoms with van der Waals surface area (Å²) in [5.74, 6) is -2.23. The van der Waals surface area contributed by atoms with E-state index >= 15 is 0 Å². The van der Waals surface area contributed by atoms with Crippen LogP contribution in [0.2, 0.25) is 0 Å². The topological polar surface area (TPSA) is 92.3 Å². The van der Waals surface area contributed by atoms with Crippen molar-refractivity contribution in [1.82, 2.24) is 10.6 Å². The van der Waals surface area contributed by atoms with Crippen molar-refractivity contribution in [3.8, 4) is 0 Å². The van der Waals surface area contributed by atoms with Gasteiger partial charge in [-0.25, -0.2) is 12.8 Å². The van der Waals surface area contributed by atoms with E-state index in [1.165, 1.54) is 18.2 Å². The van der Waals surface area contributed by atoms with Crippen LogP contribution in [-0.4, -0.2) is 32.8 Å². The second-order valence-electron chi connectivity index (χ2n) is 6.01. The number of sulfone groups is 1. The quantitative estimate of drug-likeness (QED) is 0.683. The zero-order valence-electron chi connectivity index (χ0n) is 14.9. The largest absolute Gasteiger partial charge is 0.346 e. The molecule has 0 fully saturated rings. The Balaban J connectivity index is 2.22. The van der Waals surface area contributed by atoms with Gasteiger partial charge in [-0.2, -0.15) is 0 Å². The smallest absolute Gasteiger partial charge is 0.309 e. The first-order valence-corrected chi connectivity index (χ1v) is 10.8. The Kier molecular flexibility index (Phi) is 7.09. The lowest BCUT2D eigenvalue weighted by Crippen LogP contribution is -2.45. The predicted octanol–water partition coefficient (Wildman–Crippen LogP) is 2.43. The van der Waals surface area contributed by atoms with Crippen LogP contribution in [0, 0.1) is 5.82 Å². The zero-order valence-corrected chi connectivity index (χ0v) is 16.6. The average Bonchev–Trinajstić information content (AvgIpc) is 3.18. The maximum Gasteiger partial charge on any atom is 0.309 e. The minimum atomic E-state index is -3.82. The molecule has 2 N–H and O–H groups in total. The van der Waals surface area contributed by atoms with E-state index in [0.29, 0.717) is 12.0 Å². The Morgan fingerprint density at radius 2 is 1.81 bits per heavy atom. The fourth-order valence-electron chi connectivity index (χ4n) is 2.31. The number of carbonyl (C=O) groups excluding carboxylic acids is 2. The second-order valence-corrected chi connectivity index (χ2v) is 9.32. The Morgan fingerprint density at radius 3 is 2.37 bits per heavy atom. The van der Waals surface area contributed by atoms with E-state index in [0.717, 1.165) is 23.5 Å². The highest BCUT2D eigenvalue weighted by Gasteiger charge is 2.31. The highest BCUT2D eigenvalue weighted by atomic mass is 32.2. The molecule has 2 aromatic rings. The van der Waals surface area contributed by atoms with Gasteiger partial charge in [0.25, 0.3) is 0 Å². The van der Waals surface area contributed by atoms with E-state index in [-0.39, 0.29) is 16.8 Å². The fraction of sp³-hybridized carbons (Fsp3) is 0.333. The van der Waals surface area contributed by atoms with E-state index < -0.39 is 32.7 Å². The lowest BCUT2D eigenvalue weighted by molar-refractivity contribution is -0.139. The first-order valence-electron chi connectivity index (χ1n) is 8.37. The third kappa shape index (κ3) is 5.36. The number of nitrogens with one attached hydrogen (secondary N) is 2. The van der Waals surface area contributed by atoms with Crippen LogP contribution in [0.15, 0.2) is 46.0 Å². The maximum absolute atomic E-state index is 13.2. The molecule has 0 saturated heterocycles. The monoisotopic (exact) mass is 412 g/mol. The molecule has 6 nitrogen and oxygen atoms in total. The first-order chi connectivity index (χ1) is 12.8. The number of carbonyl (C=O) groups is 2. The normalized spacial score (nSPS) is 13.6. The summed E-state index contributed by atoms with van der Waals surface area (Å²) in [6.07, 6.45) is 0.657. The lowest BCUT2D eigenvalue weighted by atomic mass is 10.1. The molecular formula is C18H21FN2O4S2. The maximum atomic E-state index is 13.2. The summed E-state index contributed by atoms with van der Waals surface area (Å²) in [7, 11) is -3.82. The van der Waals surface area contributed by atoms with Gasteiger partial charge in [0.1, 0.15) is 15.3 Å². The number of benzene rings is 1. The Hall–Kier alpha value is -2.26. The van der Waals surface area contributed by atoms with Gasteiger partial charge >= 0.3 is 11.8 Å². The van der Waals surface area contributed by atoms with Crippen LogP contribution in [0.4, 0.5) is 4.39 Å². The van der Waals surface area contributed by atoms with E-state index in [9.17, 15) is 22.4 Å². The number of halogens is 1. The Labute approximate surface area is 161 Å². The molecule has 0 aliphatic heterocycles. The van der Waals surface area contributed by atoms with Crippen molar-refractivity contribution in [2.45, 2.75) is 35.8 Å².